The fraction of sp³-hybridized carbons (Fsp3) is 0.231. The third-order valence-electron chi connectivity index (χ3n) is 2.69. The molecular formula is C13H13ClN6. The Morgan fingerprint density at radius 2 is 2.25 bits per heavy atom. The SMILES string of the molecule is N#CCCN(Cc1cccnc1)c1ncnc(N)c1Cl. The highest BCUT2D eigenvalue weighted by molar-refractivity contribution is 6.35. The van der Waals surface area contributed by atoms with E-state index in [2.05, 4.69) is 21.0 Å². The first kappa shape index (κ1) is 14.0. The molecule has 0 aliphatic rings. The lowest BCUT2D eigenvalue weighted by Gasteiger charge is -2.23. The van der Waals surface area contributed by atoms with Crippen LogP contribution in [0.15, 0.2) is 30.9 Å². The quantitative estimate of drug-likeness (QED) is 0.905. The van der Waals surface area contributed by atoms with Crippen LogP contribution >= 0.6 is 11.6 Å². The predicted octanol–water partition coefficient (Wildman–Crippen LogP) is 2.03. The lowest BCUT2D eigenvalue weighted by molar-refractivity contribution is 0.778. The number of hydrogen-bond donors (Lipinski definition) is 1. The van der Waals surface area contributed by atoms with Gasteiger partial charge in [-0.05, 0) is 11.6 Å². The van der Waals surface area contributed by atoms with Crippen molar-refractivity contribution in [1.82, 2.24) is 15.0 Å². The van der Waals surface area contributed by atoms with Crippen LogP contribution in [0.5, 0.6) is 0 Å². The Hall–Kier alpha value is -2.39. The second-order valence-corrected chi connectivity index (χ2v) is 4.47. The molecule has 6 nitrogen and oxygen atoms in total. The Kier molecular flexibility index (Phi) is 4.69. The van der Waals surface area contributed by atoms with Crippen LogP contribution in [0.25, 0.3) is 0 Å². The number of anilines is 2. The van der Waals surface area contributed by atoms with Gasteiger partial charge in [0.15, 0.2) is 5.82 Å². The molecule has 0 aliphatic carbocycles. The van der Waals surface area contributed by atoms with E-state index < -0.39 is 0 Å². The molecule has 0 spiro atoms. The van der Waals surface area contributed by atoms with Crippen molar-refractivity contribution in [1.29, 1.82) is 5.26 Å². The van der Waals surface area contributed by atoms with Gasteiger partial charge < -0.3 is 10.6 Å². The molecule has 2 aromatic heterocycles. The van der Waals surface area contributed by atoms with Crippen LogP contribution < -0.4 is 10.6 Å². The van der Waals surface area contributed by atoms with Gasteiger partial charge in [0.1, 0.15) is 17.2 Å². The highest BCUT2D eigenvalue weighted by atomic mass is 35.5. The standard InChI is InChI=1S/C13H13ClN6/c14-11-12(16)18-9-19-13(11)20(6-2-4-15)8-10-3-1-5-17-7-10/h1,3,5,7,9H,2,6,8H2,(H2,16,18,19). The molecule has 0 fully saturated rings. The third kappa shape index (κ3) is 3.33. The topological polar surface area (TPSA) is 91.7 Å². The van der Waals surface area contributed by atoms with Gasteiger partial charge in [0.2, 0.25) is 0 Å². The van der Waals surface area contributed by atoms with Crippen molar-refractivity contribution >= 4 is 23.2 Å². The van der Waals surface area contributed by atoms with Crippen LogP contribution in [0.4, 0.5) is 11.6 Å². The number of pyridine rings is 1. The highest BCUT2D eigenvalue weighted by Crippen LogP contribution is 2.28. The fourth-order valence-corrected chi connectivity index (χ4v) is 1.97. The molecule has 0 saturated heterocycles. The normalized spacial score (nSPS) is 10.0. The van der Waals surface area contributed by atoms with Gasteiger partial charge >= 0.3 is 0 Å². The van der Waals surface area contributed by atoms with Crippen molar-refractivity contribution in [3.63, 3.8) is 0 Å². The molecule has 0 bridgehead atoms. The molecule has 0 unspecified atom stereocenters. The minimum absolute atomic E-state index is 0.227. The summed E-state index contributed by atoms with van der Waals surface area (Å²) < 4.78 is 0. The molecule has 20 heavy (non-hydrogen) atoms. The van der Waals surface area contributed by atoms with E-state index in [1.807, 2.05) is 17.0 Å². The van der Waals surface area contributed by atoms with E-state index in [1.54, 1.807) is 12.4 Å². The molecule has 2 N–H and O–H groups in total. The molecule has 2 heterocycles. The maximum Gasteiger partial charge on any atom is 0.153 e. The number of nitrogen functional groups attached to an aromatic ring is 1. The molecule has 0 aliphatic heterocycles. The summed E-state index contributed by atoms with van der Waals surface area (Å²) in [7, 11) is 0. The van der Waals surface area contributed by atoms with Crippen molar-refractivity contribution in [2.45, 2.75) is 13.0 Å². The molecular weight excluding hydrogens is 276 g/mol. The summed E-state index contributed by atoms with van der Waals surface area (Å²) in [4.78, 5) is 14.0. The number of nitriles is 1. The summed E-state index contributed by atoms with van der Waals surface area (Å²) in [5.41, 5.74) is 6.69. The van der Waals surface area contributed by atoms with Gasteiger partial charge in [0.05, 0.1) is 12.5 Å². The predicted molar refractivity (Wildman–Crippen MR) is 77.0 cm³/mol. The van der Waals surface area contributed by atoms with Crippen molar-refractivity contribution in [2.75, 3.05) is 17.2 Å². The Morgan fingerprint density at radius 1 is 1.40 bits per heavy atom. The van der Waals surface area contributed by atoms with E-state index >= 15 is 0 Å². The maximum atomic E-state index is 8.77. The molecule has 102 valence electrons. The number of hydrogen-bond acceptors (Lipinski definition) is 6. The molecule has 2 rings (SSSR count). The van der Waals surface area contributed by atoms with Crippen molar-refractivity contribution in [3.05, 3.63) is 41.4 Å². The molecule has 0 radical (unpaired) electrons. The lowest BCUT2D eigenvalue weighted by Crippen LogP contribution is -2.25. The summed E-state index contributed by atoms with van der Waals surface area (Å²) in [5, 5.41) is 9.07. The van der Waals surface area contributed by atoms with Crippen molar-refractivity contribution in [2.24, 2.45) is 0 Å². The summed E-state index contributed by atoms with van der Waals surface area (Å²) in [6, 6.07) is 5.92. The van der Waals surface area contributed by atoms with Crippen LogP contribution in [0.1, 0.15) is 12.0 Å². The van der Waals surface area contributed by atoms with E-state index in [-0.39, 0.29) is 5.82 Å². The Morgan fingerprint density at radius 3 is 2.95 bits per heavy atom. The van der Waals surface area contributed by atoms with Gasteiger partial charge in [-0.1, -0.05) is 17.7 Å². The van der Waals surface area contributed by atoms with Crippen LogP contribution in [-0.4, -0.2) is 21.5 Å². The number of aromatic nitrogens is 3. The average Bonchev–Trinajstić information content (AvgIpc) is 2.48. The molecule has 0 aromatic carbocycles. The number of halogens is 1. The van der Waals surface area contributed by atoms with E-state index in [0.29, 0.717) is 30.4 Å². The van der Waals surface area contributed by atoms with Gasteiger partial charge in [-0.25, -0.2) is 9.97 Å². The van der Waals surface area contributed by atoms with Crippen molar-refractivity contribution in [3.8, 4) is 6.07 Å². The maximum absolute atomic E-state index is 8.77. The lowest BCUT2D eigenvalue weighted by atomic mass is 10.2. The van der Waals surface area contributed by atoms with E-state index in [9.17, 15) is 0 Å². The number of nitrogens with two attached hydrogens (primary N) is 1. The molecule has 0 saturated carbocycles. The van der Waals surface area contributed by atoms with Gasteiger partial charge in [-0.3, -0.25) is 4.98 Å². The van der Waals surface area contributed by atoms with Gasteiger partial charge in [-0.2, -0.15) is 5.26 Å². The fourth-order valence-electron chi connectivity index (χ4n) is 1.75. The van der Waals surface area contributed by atoms with Crippen LogP contribution in [0.2, 0.25) is 5.02 Å². The van der Waals surface area contributed by atoms with Crippen LogP contribution in [0.3, 0.4) is 0 Å². The first-order chi connectivity index (χ1) is 9.72. The monoisotopic (exact) mass is 288 g/mol. The van der Waals surface area contributed by atoms with E-state index in [0.717, 1.165) is 5.56 Å². The van der Waals surface area contributed by atoms with Crippen molar-refractivity contribution < 1.29 is 0 Å². The Labute approximate surface area is 121 Å². The largest absolute Gasteiger partial charge is 0.382 e. The smallest absolute Gasteiger partial charge is 0.153 e. The minimum atomic E-state index is 0.227. The second kappa shape index (κ2) is 6.68. The van der Waals surface area contributed by atoms with Crippen LogP contribution in [0, 0.1) is 11.3 Å². The van der Waals surface area contributed by atoms with E-state index in [1.165, 1.54) is 6.33 Å². The third-order valence-corrected chi connectivity index (χ3v) is 3.05. The molecule has 7 heteroatoms. The molecule has 0 atom stereocenters. The van der Waals surface area contributed by atoms with Gasteiger partial charge in [0.25, 0.3) is 0 Å². The van der Waals surface area contributed by atoms with Crippen LogP contribution in [-0.2, 0) is 6.54 Å². The molecule has 0 amide bonds. The average molecular weight is 289 g/mol. The summed E-state index contributed by atoms with van der Waals surface area (Å²) in [6.45, 7) is 1.05. The number of nitrogens with zero attached hydrogens (tertiary/aromatic N) is 5. The Bertz CT molecular complexity index is 610. The van der Waals surface area contributed by atoms with Gasteiger partial charge in [-0.15, -0.1) is 0 Å². The summed E-state index contributed by atoms with van der Waals surface area (Å²) in [6.07, 6.45) is 5.19. The zero-order valence-electron chi connectivity index (χ0n) is 10.7. The zero-order valence-corrected chi connectivity index (χ0v) is 11.5. The minimum Gasteiger partial charge on any atom is -0.382 e. The first-order valence-corrected chi connectivity index (χ1v) is 6.37. The first-order valence-electron chi connectivity index (χ1n) is 5.99. The number of rotatable bonds is 5. The summed E-state index contributed by atoms with van der Waals surface area (Å²) in [5.74, 6) is 0.753. The van der Waals surface area contributed by atoms with E-state index in [4.69, 9.17) is 22.6 Å². The Balaban J connectivity index is 2.28. The zero-order chi connectivity index (χ0) is 14.4. The molecule has 2 aromatic rings. The van der Waals surface area contributed by atoms with Gasteiger partial charge in [0, 0.05) is 25.5 Å². The second-order valence-electron chi connectivity index (χ2n) is 4.09. The summed E-state index contributed by atoms with van der Waals surface area (Å²) >= 11 is 6.14. The highest BCUT2D eigenvalue weighted by Gasteiger charge is 2.15.